The summed E-state index contributed by atoms with van der Waals surface area (Å²) in [7, 11) is 0. The van der Waals surface area contributed by atoms with E-state index in [1.165, 1.54) is 23.8 Å². The Morgan fingerprint density at radius 3 is 2.68 bits per heavy atom. The number of aromatic nitrogens is 4. The molecule has 1 saturated heterocycles. The van der Waals surface area contributed by atoms with Gasteiger partial charge in [-0.15, -0.1) is 0 Å². The molecule has 0 aliphatic carbocycles. The van der Waals surface area contributed by atoms with Gasteiger partial charge >= 0.3 is 0 Å². The summed E-state index contributed by atoms with van der Waals surface area (Å²) in [6.07, 6.45) is -0.155. The molecule has 0 saturated carbocycles. The van der Waals surface area contributed by atoms with Crippen LogP contribution in [0.25, 0.3) is 11.2 Å². The number of hydrogen-bond donors (Lipinski definition) is 3. The summed E-state index contributed by atoms with van der Waals surface area (Å²) in [5, 5.41) is 29.7. The molecular weight excluding hydrogens is 362 g/mol. The quantitative estimate of drug-likeness (QED) is 0.579. The highest BCUT2D eigenvalue weighted by atomic mass is 16.6. The maximum Gasteiger partial charge on any atom is 0.167 e. The van der Waals surface area contributed by atoms with Crippen LogP contribution < -0.4 is 4.90 Å². The summed E-state index contributed by atoms with van der Waals surface area (Å²) < 4.78 is 7.20. The predicted molar refractivity (Wildman–Crippen MR) is 99.5 cm³/mol. The molecule has 3 aromatic rings. The fourth-order valence-corrected chi connectivity index (χ4v) is 4.04. The Morgan fingerprint density at radius 1 is 1.07 bits per heavy atom. The van der Waals surface area contributed by atoms with E-state index in [4.69, 9.17) is 4.74 Å². The van der Waals surface area contributed by atoms with Crippen molar-refractivity contribution in [3.63, 3.8) is 0 Å². The molecule has 5 rings (SSSR count). The zero-order valence-electron chi connectivity index (χ0n) is 15.1. The van der Waals surface area contributed by atoms with E-state index in [9.17, 15) is 15.3 Å². The average molecular weight is 383 g/mol. The number of aliphatic hydroxyl groups excluding tert-OH is 3. The van der Waals surface area contributed by atoms with Crippen molar-refractivity contribution in [3.8, 4) is 0 Å². The predicted octanol–water partition coefficient (Wildman–Crippen LogP) is 0.000500. The lowest BCUT2D eigenvalue weighted by molar-refractivity contribution is -0.0511. The molecule has 3 N–H and O–H groups in total. The summed E-state index contributed by atoms with van der Waals surface area (Å²) in [6, 6.07) is 8.37. The molecule has 28 heavy (non-hydrogen) atoms. The molecule has 146 valence electrons. The van der Waals surface area contributed by atoms with Crippen LogP contribution >= 0.6 is 0 Å². The van der Waals surface area contributed by atoms with Crippen LogP contribution in [0.3, 0.4) is 0 Å². The molecule has 2 aliphatic heterocycles. The highest BCUT2D eigenvalue weighted by Crippen LogP contribution is 2.33. The Kier molecular flexibility index (Phi) is 4.24. The van der Waals surface area contributed by atoms with Crippen LogP contribution in [0.15, 0.2) is 36.9 Å². The highest BCUT2D eigenvalue weighted by Gasteiger charge is 2.44. The molecule has 0 spiro atoms. The summed E-state index contributed by atoms with van der Waals surface area (Å²) >= 11 is 0. The van der Waals surface area contributed by atoms with Crippen LogP contribution in [-0.2, 0) is 17.7 Å². The molecule has 1 aromatic carbocycles. The minimum Gasteiger partial charge on any atom is -0.394 e. The van der Waals surface area contributed by atoms with E-state index < -0.39 is 24.5 Å². The van der Waals surface area contributed by atoms with Crippen molar-refractivity contribution >= 4 is 17.0 Å². The second kappa shape index (κ2) is 6.78. The molecule has 9 heteroatoms. The van der Waals surface area contributed by atoms with Crippen molar-refractivity contribution in [1.82, 2.24) is 19.5 Å². The third-order valence-corrected chi connectivity index (χ3v) is 5.56. The number of rotatable bonds is 3. The van der Waals surface area contributed by atoms with Gasteiger partial charge in [0.15, 0.2) is 23.2 Å². The van der Waals surface area contributed by atoms with Crippen LogP contribution in [0.1, 0.15) is 17.4 Å². The number of imidazole rings is 1. The monoisotopic (exact) mass is 383 g/mol. The third-order valence-electron chi connectivity index (χ3n) is 5.56. The molecule has 2 aliphatic rings. The summed E-state index contributed by atoms with van der Waals surface area (Å²) in [5.74, 6) is 0.727. The SMILES string of the molecule is OC[C@H]1OC(n2cnc3c(N4CCc5ccccc5C4)ncnc32)[C@H](O)[C@@H]1O. The van der Waals surface area contributed by atoms with E-state index in [1.807, 2.05) is 6.07 Å². The van der Waals surface area contributed by atoms with Crippen molar-refractivity contribution in [2.24, 2.45) is 0 Å². The number of benzene rings is 1. The zero-order valence-corrected chi connectivity index (χ0v) is 15.1. The molecule has 1 unspecified atom stereocenters. The summed E-state index contributed by atoms with van der Waals surface area (Å²) in [6.45, 7) is 1.18. The molecule has 4 atom stereocenters. The molecule has 4 heterocycles. The van der Waals surface area contributed by atoms with E-state index >= 15 is 0 Å². The standard InChI is InChI=1S/C19H21N5O4/c25-8-13-15(26)16(27)19(28-13)24-10-22-14-17(20-9-21-18(14)24)23-6-5-11-3-1-2-4-12(11)7-23/h1-4,9-10,13,15-16,19,25-27H,5-8H2/t13-,15-,16-,19?/m1/s1. The van der Waals surface area contributed by atoms with Gasteiger partial charge in [0.2, 0.25) is 0 Å². The van der Waals surface area contributed by atoms with Gasteiger partial charge in [-0.2, -0.15) is 0 Å². The van der Waals surface area contributed by atoms with Crippen molar-refractivity contribution in [2.45, 2.75) is 37.5 Å². The number of aliphatic hydroxyl groups is 3. The molecule has 0 amide bonds. The van der Waals surface area contributed by atoms with E-state index in [0.29, 0.717) is 11.2 Å². The third kappa shape index (κ3) is 2.67. The van der Waals surface area contributed by atoms with E-state index in [2.05, 4.69) is 38.1 Å². The summed E-state index contributed by atoms with van der Waals surface area (Å²) in [5.41, 5.74) is 3.74. The highest BCUT2D eigenvalue weighted by molar-refractivity contribution is 5.83. The maximum atomic E-state index is 10.3. The van der Waals surface area contributed by atoms with Crippen molar-refractivity contribution in [1.29, 1.82) is 0 Å². The fourth-order valence-electron chi connectivity index (χ4n) is 4.04. The van der Waals surface area contributed by atoms with E-state index in [1.54, 1.807) is 4.57 Å². The first-order valence-electron chi connectivity index (χ1n) is 9.29. The molecular formula is C19H21N5O4. The van der Waals surface area contributed by atoms with Crippen molar-refractivity contribution in [3.05, 3.63) is 48.0 Å². The Balaban J connectivity index is 1.50. The van der Waals surface area contributed by atoms with Gasteiger partial charge in [0, 0.05) is 13.1 Å². The van der Waals surface area contributed by atoms with E-state index in [-0.39, 0.29) is 6.61 Å². The van der Waals surface area contributed by atoms with E-state index in [0.717, 1.165) is 25.3 Å². The molecule has 9 nitrogen and oxygen atoms in total. The van der Waals surface area contributed by atoms with Crippen molar-refractivity contribution < 1.29 is 20.1 Å². The van der Waals surface area contributed by atoms with Crippen LogP contribution in [0.2, 0.25) is 0 Å². The number of fused-ring (bicyclic) bond motifs is 2. The lowest BCUT2D eigenvalue weighted by Gasteiger charge is -2.29. The lowest BCUT2D eigenvalue weighted by Crippen LogP contribution is -2.33. The van der Waals surface area contributed by atoms with Gasteiger partial charge < -0.3 is 25.0 Å². The van der Waals surface area contributed by atoms with Gasteiger partial charge in [0.1, 0.15) is 24.6 Å². The van der Waals surface area contributed by atoms with Crippen molar-refractivity contribution in [2.75, 3.05) is 18.1 Å². The molecule has 2 aromatic heterocycles. The second-order valence-electron chi connectivity index (χ2n) is 7.19. The minimum atomic E-state index is -1.19. The number of anilines is 1. The van der Waals surface area contributed by atoms with Crippen LogP contribution in [0.5, 0.6) is 0 Å². The Hall–Kier alpha value is -2.59. The Morgan fingerprint density at radius 2 is 1.89 bits per heavy atom. The second-order valence-corrected chi connectivity index (χ2v) is 7.19. The number of hydrogen-bond acceptors (Lipinski definition) is 8. The zero-order chi connectivity index (χ0) is 19.3. The van der Waals surface area contributed by atoms with Gasteiger partial charge in [0.05, 0.1) is 12.9 Å². The smallest absolute Gasteiger partial charge is 0.167 e. The van der Waals surface area contributed by atoms with Gasteiger partial charge in [-0.1, -0.05) is 24.3 Å². The first-order chi connectivity index (χ1) is 13.7. The lowest BCUT2D eigenvalue weighted by atomic mass is 10.00. The van der Waals surface area contributed by atoms with Crippen LogP contribution in [0.4, 0.5) is 5.82 Å². The average Bonchev–Trinajstić information content (AvgIpc) is 3.28. The molecule has 0 bridgehead atoms. The van der Waals surface area contributed by atoms with Gasteiger partial charge in [-0.25, -0.2) is 15.0 Å². The fraction of sp³-hybridized carbons (Fsp3) is 0.421. The largest absolute Gasteiger partial charge is 0.394 e. The first kappa shape index (κ1) is 17.5. The van der Waals surface area contributed by atoms with Crippen LogP contribution in [-0.4, -0.2) is 66.3 Å². The first-order valence-corrected chi connectivity index (χ1v) is 9.29. The molecule has 0 radical (unpaired) electrons. The normalized spacial score (nSPS) is 27.3. The molecule has 1 fully saturated rings. The van der Waals surface area contributed by atoms with Gasteiger partial charge in [-0.3, -0.25) is 4.57 Å². The Bertz CT molecular complexity index is 1010. The Labute approximate surface area is 160 Å². The number of nitrogens with zero attached hydrogens (tertiary/aromatic N) is 5. The minimum absolute atomic E-state index is 0.380. The number of ether oxygens (including phenoxy) is 1. The van der Waals surface area contributed by atoms with Crippen LogP contribution in [0, 0.1) is 0 Å². The summed E-state index contributed by atoms with van der Waals surface area (Å²) in [4.78, 5) is 15.4. The van der Waals surface area contributed by atoms with Gasteiger partial charge in [0.25, 0.3) is 0 Å². The topological polar surface area (TPSA) is 117 Å². The van der Waals surface area contributed by atoms with Gasteiger partial charge in [-0.05, 0) is 17.5 Å². The maximum absolute atomic E-state index is 10.3.